The number of nitriles is 1. The quantitative estimate of drug-likeness (QED) is 0.630. The molecule has 0 aliphatic heterocycles. The molecule has 0 aliphatic carbocycles. The summed E-state index contributed by atoms with van der Waals surface area (Å²) < 4.78 is 0. The predicted octanol–water partition coefficient (Wildman–Crippen LogP) is 0.341. The smallest absolute Gasteiger partial charge is 0.0935 e. The van der Waals surface area contributed by atoms with Crippen LogP contribution in [0.2, 0.25) is 0 Å². The fraction of sp³-hybridized carbons (Fsp3) is 0.857. The summed E-state index contributed by atoms with van der Waals surface area (Å²) in [5.74, 6) is 0.844. The summed E-state index contributed by atoms with van der Waals surface area (Å²) in [7, 11) is 0. The van der Waals surface area contributed by atoms with E-state index in [1.165, 1.54) is 0 Å². The lowest BCUT2D eigenvalue weighted by Gasteiger charge is -2.07. The van der Waals surface area contributed by atoms with Crippen LogP contribution < -0.4 is 5.73 Å². The van der Waals surface area contributed by atoms with Gasteiger partial charge in [0.1, 0.15) is 0 Å². The molecule has 2 atom stereocenters. The lowest BCUT2D eigenvalue weighted by atomic mass is 10.3. The van der Waals surface area contributed by atoms with Crippen LogP contribution in [0.25, 0.3) is 0 Å². The van der Waals surface area contributed by atoms with Crippen LogP contribution in [0.4, 0.5) is 0 Å². The lowest BCUT2D eigenvalue weighted by Crippen LogP contribution is -2.18. The second-order valence-corrected chi connectivity index (χ2v) is 3.93. The zero-order valence-corrected chi connectivity index (χ0v) is 7.47. The summed E-state index contributed by atoms with van der Waals surface area (Å²) in [6, 6.07) is 1.61. The highest BCUT2D eigenvalue weighted by molar-refractivity contribution is 7.99. The SMILES string of the molecule is CC(CO)SCCC(N)C#N. The van der Waals surface area contributed by atoms with Crippen LogP contribution in [0, 0.1) is 11.3 Å². The number of thioether (sulfide) groups is 1. The molecule has 0 spiro atoms. The molecular formula is C7H14N2OS. The van der Waals surface area contributed by atoms with Gasteiger partial charge in [-0.3, -0.25) is 0 Å². The third-order valence-electron chi connectivity index (χ3n) is 1.25. The third-order valence-corrected chi connectivity index (χ3v) is 2.44. The Morgan fingerprint density at radius 1 is 1.73 bits per heavy atom. The summed E-state index contributed by atoms with van der Waals surface area (Å²) in [6.07, 6.45) is 0.700. The molecule has 3 N–H and O–H groups in total. The van der Waals surface area contributed by atoms with Crippen LogP contribution >= 0.6 is 11.8 Å². The van der Waals surface area contributed by atoms with Crippen LogP contribution in [0.15, 0.2) is 0 Å². The molecule has 2 unspecified atom stereocenters. The molecule has 0 fully saturated rings. The molecule has 0 aromatic rings. The molecule has 0 aliphatic rings. The molecule has 0 amide bonds. The van der Waals surface area contributed by atoms with E-state index in [2.05, 4.69) is 0 Å². The Morgan fingerprint density at radius 2 is 2.36 bits per heavy atom. The number of nitrogens with zero attached hydrogens (tertiary/aromatic N) is 1. The van der Waals surface area contributed by atoms with Gasteiger partial charge >= 0.3 is 0 Å². The van der Waals surface area contributed by atoms with Gasteiger partial charge in [-0.15, -0.1) is 0 Å². The molecule has 0 rings (SSSR count). The number of nitrogens with two attached hydrogens (primary N) is 1. The Bertz CT molecular complexity index is 135. The number of hydrogen-bond acceptors (Lipinski definition) is 4. The summed E-state index contributed by atoms with van der Waals surface area (Å²) in [5, 5.41) is 17.2. The lowest BCUT2D eigenvalue weighted by molar-refractivity contribution is 0.300. The molecule has 3 nitrogen and oxygen atoms in total. The van der Waals surface area contributed by atoms with Gasteiger partial charge in [-0.1, -0.05) is 6.92 Å². The van der Waals surface area contributed by atoms with E-state index in [0.717, 1.165) is 5.75 Å². The van der Waals surface area contributed by atoms with Gasteiger partial charge in [-0.05, 0) is 12.2 Å². The summed E-state index contributed by atoms with van der Waals surface area (Å²) >= 11 is 1.64. The van der Waals surface area contributed by atoms with E-state index in [4.69, 9.17) is 16.1 Å². The highest BCUT2D eigenvalue weighted by Crippen LogP contribution is 2.10. The Morgan fingerprint density at radius 3 is 2.82 bits per heavy atom. The Labute approximate surface area is 71.6 Å². The van der Waals surface area contributed by atoms with E-state index in [0.29, 0.717) is 6.42 Å². The second kappa shape index (κ2) is 6.47. The first-order valence-corrected chi connectivity index (χ1v) is 4.63. The Hall–Kier alpha value is -0.240. The number of rotatable bonds is 5. The van der Waals surface area contributed by atoms with Gasteiger partial charge in [0.05, 0.1) is 18.7 Å². The van der Waals surface area contributed by atoms with Crippen LogP contribution in [0.5, 0.6) is 0 Å². The fourth-order valence-electron chi connectivity index (χ4n) is 0.513. The first-order chi connectivity index (χ1) is 5.20. The summed E-state index contributed by atoms with van der Waals surface area (Å²) in [5.41, 5.74) is 5.36. The van der Waals surface area contributed by atoms with Crippen molar-refractivity contribution >= 4 is 11.8 Å². The number of aliphatic hydroxyl groups is 1. The standard InChI is InChI=1S/C7H14N2OS/c1-6(5-10)11-3-2-7(9)4-8/h6-7,10H,2-3,5,9H2,1H3. The van der Waals surface area contributed by atoms with Crippen LogP contribution in [-0.4, -0.2) is 28.8 Å². The van der Waals surface area contributed by atoms with Crippen molar-refractivity contribution in [3.63, 3.8) is 0 Å². The first-order valence-electron chi connectivity index (χ1n) is 3.58. The maximum Gasteiger partial charge on any atom is 0.0935 e. The molecule has 0 aromatic carbocycles. The van der Waals surface area contributed by atoms with Gasteiger partial charge in [0, 0.05) is 5.25 Å². The minimum absolute atomic E-state index is 0.187. The molecule has 0 heterocycles. The third kappa shape index (κ3) is 6.17. The number of aliphatic hydroxyl groups excluding tert-OH is 1. The van der Waals surface area contributed by atoms with E-state index in [1.807, 2.05) is 13.0 Å². The zero-order valence-electron chi connectivity index (χ0n) is 6.66. The molecule has 0 bridgehead atoms. The van der Waals surface area contributed by atoms with Crippen molar-refractivity contribution in [2.75, 3.05) is 12.4 Å². The van der Waals surface area contributed by atoms with Crippen LogP contribution in [0.3, 0.4) is 0 Å². The topological polar surface area (TPSA) is 70.0 Å². The Kier molecular flexibility index (Phi) is 6.33. The highest BCUT2D eigenvalue weighted by Gasteiger charge is 2.02. The summed E-state index contributed by atoms with van der Waals surface area (Å²) in [6.45, 7) is 2.13. The monoisotopic (exact) mass is 174 g/mol. The normalized spacial score (nSPS) is 15.5. The van der Waals surface area contributed by atoms with Crippen LogP contribution in [0.1, 0.15) is 13.3 Å². The average molecular weight is 174 g/mol. The van der Waals surface area contributed by atoms with Crippen molar-refractivity contribution < 1.29 is 5.11 Å². The van der Waals surface area contributed by atoms with E-state index in [9.17, 15) is 0 Å². The van der Waals surface area contributed by atoms with Gasteiger partial charge < -0.3 is 10.8 Å². The molecule has 0 radical (unpaired) electrons. The van der Waals surface area contributed by atoms with Crippen LogP contribution in [-0.2, 0) is 0 Å². The molecule has 64 valence electrons. The molecule has 0 saturated carbocycles. The van der Waals surface area contributed by atoms with Crippen molar-refractivity contribution in [3.8, 4) is 6.07 Å². The fourth-order valence-corrected chi connectivity index (χ4v) is 1.41. The minimum atomic E-state index is -0.353. The largest absolute Gasteiger partial charge is 0.395 e. The number of hydrogen-bond donors (Lipinski definition) is 2. The van der Waals surface area contributed by atoms with Crippen molar-refractivity contribution in [3.05, 3.63) is 0 Å². The van der Waals surface area contributed by atoms with Gasteiger partial charge in [-0.25, -0.2) is 0 Å². The van der Waals surface area contributed by atoms with Gasteiger partial charge in [-0.2, -0.15) is 17.0 Å². The van der Waals surface area contributed by atoms with Gasteiger partial charge in [0.15, 0.2) is 0 Å². The van der Waals surface area contributed by atoms with E-state index in [-0.39, 0.29) is 17.9 Å². The van der Waals surface area contributed by atoms with E-state index >= 15 is 0 Å². The summed E-state index contributed by atoms with van der Waals surface area (Å²) in [4.78, 5) is 0. The van der Waals surface area contributed by atoms with Crippen molar-refractivity contribution in [2.45, 2.75) is 24.6 Å². The highest BCUT2D eigenvalue weighted by atomic mass is 32.2. The molecule has 11 heavy (non-hydrogen) atoms. The first kappa shape index (κ1) is 10.8. The molecular weight excluding hydrogens is 160 g/mol. The van der Waals surface area contributed by atoms with Crippen molar-refractivity contribution in [1.82, 2.24) is 0 Å². The maximum absolute atomic E-state index is 8.64. The molecule has 0 saturated heterocycles. The van der Waals surface area contributed by atoms with E-state index in [1.54, 1.807) is 11.8 Å². The second-order valence-electron chi connectivity index (χ2n) is 2.39. The molecule has 0 aromatic heterocycles. The predicted molar refractivity (Wildman–Crippen MR) is 47.2 cm³/mol. The molecule has 4 heteroatoms. The maximum atomic E-state index is 8.64. The Balaban J connectivity index is 3.21. The zero-order chi connectivity index (χ0) is 8.69. The minimum Gasteiger partial charge on any atom is -0.395 e. The average Bonchev–Trinajstić information content (AvgIpc) is 2.04. The van der Waals surface area contributed by atoms with Crippen molar-refractivity contribution in [1.29, 1.82) is 5.26 Å². The van der Waals surface area contributed by atoms with Crippen molar-refractivity contribution in [2.24, 2.45) is 5.73 Å². The van der Waals surface area contributed by atoms with Gasteiger partial charge in [0.2, 0.25) is 0 Å². The van der Waals surface area contributed by atoms with E-state index < -0.39 is 0 Å². The van der Waals surface area contributed by atoms with Gasteiger partial charge in [0.25, 0.3) is 0 Å².